The maximum absolute atomic E-state index is 14.4. The number of hydrogen-bond donors (Lipinski definition) is 1. The van der Waals surface area contributed by atoms with Gasteiger partial charge in [-0.05, 0) is 48.6 Å². The number of rotatable bonds is 5. The monoisotopic (exact) mass is 403 g/mol. The number of nitrogens with zero attached hydrogens (tertiary/aromatic N) is 3. The highest BCUT2D eigenvalue weighted by Crippen LogP contribution is 2.28. The Balaban J connectivity index is 1.80. The molecule has 2 aromatic carbocycles. The zero-order chi connectivity index (χ0) is 21.1. The van der Waals surface area contributed by atoms with E-state index in [4.69, 9.17) is 5.11 Å². The van der Waals surface area contributed by atoms with Gasteiger partial charge in [0.25, 0.3) is 0 Å². The van der Waals surface area contributed by atoms with Crippen molar-refractivity contribution in [2.75, 3.05) is 0 Å². The first-order chi connectivity index (χ1) is 14.5. The molecule has 0 aliphatic carbocycles. The third-order valence-electron chi connectivity index (χ3n) is 4.41. The minimum Gasteiger partial charge on any atom is -0.478 e. The van der Waals surface area contributed by atoms with Crippen LogP contribution in [0.15, 0.2) is 73.1 Å². The Morgan fingerprint density at radius 2 is 1.80 bits per heavy atom. The quantitative estimate of drug-likeness (QED) is 0.505. The number of carboxylic acid groups (broad SMARTS) is 1. The van der Waals surface area contributed by atoms with Crippen LogP contribution in [0.4, 0.5) is 8.78 Å². The highest BCUT2D eigenvalue weighted by molar-refractivity contribution is 5.88. The molecule has 148 valence electrons. The Labute approximate surface area is 170 Å². The zero-order valence-corrected chi connectivity index (χ0v) is 15.5. The van der Waals surface area contributed by atoms with Gasteiger partial charge in [-0.15, -0.1) is 0 Å². The van der Waals surface area contributed by atoms with Crippen LogP contribution < -0.4 is 0 Å². The highest BCUT2D eigenvalue weighted by atomic mass is 19.1. The highest BCUT2D eigenvalue weighted by Gasteiger charge is 2.15. The van der Waals surface area contributed by atoms with Gasteiger partial charge in [-0.2, -0.15) is 5.10 Å². The summed E-state index contributed by atoms with van der Waals surface area (Å²) in [5, 5.41) is 13.6. The first-order valence-corrected chi connectivity index (χ1v) is 8.99. The summed E-state index contributed by atoms with van der Waals surface area (Å²) in [5.74, 6) is -2.46. The molecule has 0 bridgehead atoms. The van der Waals surface area contributed by atoms with E-state index in [2.05, 4.69) is 10.1 Å². The Morgan fingerprint density at radius 1 is 1.00 bits per heavy atom. The maximum Gasteiger partial charge on any atom is 0.335 e. The summed E-state index contributed by atoms with van der Waals surface area (Å²) in [6.07, 6.45) is 6.39. The molecule has 2 heterocycles. The van der Waals surface area contributed by atoms with E-state index in [9.17, 15) is 13.6 Å². The third-order valence-corrected chi connectivity index (χ3v) is 4.41. The Kier molecular flexibility index (Phi) is 5.17. The molecule has 0 unspecified atom stereocenters. The number of aromatic carboxylic acids is 1. The normalized spacial score (nSPS) is 11.1. The van der Waals surface area contributed by atoms with Crippen LogP contribution in [0.3, 0.4) is 0 Å². The van der Waals surface area contributed by atoms with Crippen molar-refractivity contribution in [2.45, 2.75) is 0 Å². The van der Waals surface area contributed by atoms with E-state index in [0.29, 0.717) is 17.0 Å². The van der Waals surface area contributed by atoms with Crippen LogP contribution in [0.1, 0.15) is 21.6 Å². The van der Waals surface area contributed by atoms with Crippen LogP contribution in [0, 0.1) is 11.6 Å². The number of carboxylic acids is 1. The smallest absolute Gasteiger partial charge is 0.335 e. The molecule has 7 heteroatoms. The summed E-state index contributed by atoms with van der Waals surface area (Å²) in [4.78, 5) is 15.3. The molecule has 4 aromatic rings. The second-order valence-corrected chi connectivity index (χ2v) is 6.45. The van der Waals surface area contributed by atoms with Gasteiger partial charge in [0.2, 0.25) is 0 Å². The summed E-state index contributed by atoms with van der Waals surface area (Å²) < 4.78 is 29.4. The van der Waals surface area contributed by atoms with E-state index in [0.717, 1.165) is 11.8 Å². The third kappa shape index (κ3) is 4.00. The van der Waals surface area contributed by atoms with E-state index in [1.807, 2.05) is 30.3 Å². The van der Waals surface area contributed by atoms with Gasteiger partial charge in [0.15, 0.2) is 0 Å². The lowest BCUT2D eigenvalue weighted by molar-refractivity contribution is 0.0696. The summed E-state index contributed by atoms with van der Waals surface area (Å²) in [6, 6.07) is 15.4. The Hall–Kier alpha value is -4.13. The second-order valence-electron chi connectivity index (χ2n) is 6.45. The number of aromatic nitrogens is 3. The number of benzene rings is 2. The van der Waals surface area contributed by atoms with E-state index >= 15 is 0 Å². The standard InChI is InChI=1S/C23H15F2N3O2/c24-17-7-9-20(21(25)13-17)22-16(14-28(27-22)19-4-2-1-3-5-19)6-8-18-12-15(23(29)30)10-11-26-18/h1-14H,(H,29,30)/b8-6+. The molecular weight excluding hydrogens is 388 g/mol. The summed E-state index contributed by atoms with van der Waals surface area (Å²) >= 11 is 0. The molecule has 0 radical (unpaired) electrons. The number of halogens is 2. The minimum absolute atomic E-state index is 0.106. The van der Waals surface area contributed by atoms with Crippen molar-refractivity contribution in [2.24, 2.45) is 0 Å². The zero-order valence-electron chi connectivity index (χ0n) is 15.5. The fourth-order valence-electron chi connectivity index (χ4n) is 2.96. The maximum atomic E-state index is 14.4. The lowest BCUT2D eigenvalue weighted by atomic mass is 10.1. The molecule has 0 fully saturated rings. The van der Waals surface area contributed by atoms with Gasteiger partial charge in [0.05, 0.1) is 16.9 Å². The van der Waals surface area contributed by atoms with Crippen molar-refractivity contribution in [3.05, 3.63) is 102 Å². The van der Waals surface area contributed by atoms with Gasteiger partial charge in [0.1, 0.15) is 17.3 Å². The van der Waals surface area contributed by atoms with E-state index in [1.165, 1.54) is 30.5 Å². The van der Waals surface area contributed by atoms with E-state index < -0.39 is 17.6 Å². The van der Waals surface area contributed by atoms with Gasteiger partial charge in [0, 0.05) is 29.6 Å². The van der Waals surface area contributed by atoms with Crippen LogP contribution in [-0.4, -0.2) is 25.8 Å². The van der Waals surface area contributed by atoms with Crippen LogP contribution in [0.5, 0.6) is 0 Å². The van der Waals surface area contributed by atoms with Gasteiger partial charge in [-0.25, -0.2) is 18.3 Å². The molecule has 0 amide bonds. The van der Waals surface area contributed by atoms with E-state index in [-0.39, 0.29) is 11.1 Å². The van der Waals surface area contributed by atoms with Crippen molar-refractivity contribution in [3.8, 4) is 16.9 Å². The van der Waals surface area contributed by atoms with Crippen molar-refractivity contribution in [1.29, 1.82) is 0 Å². The molecule has 5 nitrogen and oxygen atoms in total. The first kappa shape index (κ1) is 19.2. The fraction of sp³-hybridized carbons (Fsp3) is 0. The Morgan fingerprint density at radius 3 is 2.53 bits per heavy atom. The van der Waals surface area contributed by atoms with Crippen molar-refractivity contribution < 1.29 is 18.7 Å². The molecule has 0 saturated carbocycles. The van der Waals surface area contributed by atoms with Gasteiger partial charge in [-0.3, -0.25) is 4.98 Å². The average molecular weight is 403 g/mol. The van der Waals surface area contributed by atoms with Gasteiger partial charge >= 0.3 is 5.97 Å². The molecule has 0 aliphatic rings. The molecule has 4 rings (SSSR count). The molecule has 0 atom stereocenters. The van der Waals surface area contributed by atoms with Crippen molar-refractivity contribution in [1.82, 2.24) is 14.8 Å². The lowest BCUT2D eigenvalue weighted by Gasteiger charge is -2.02. The number of hydrogen-bond acceptors (Lipinski definition) is 3. The molecule has 0 spiro atoms. The first-order valence-electron chi connectivity index (χ1n) is 8.99. The summed E-state index contributed by atoms with van der Waals surface area (Å²) in [7, 11) is 0. The number of pyridine rings is 1. The van der Waals surface area contributed by atoms with Gasteiger partial charge in [-0.1, -0.05) is 18.2 Å². The SMILES string of the molecule is O=C(O)c1ccnc(/C=C/c2cn(-c3ccccc3)nc2-c2ccc(F)cc2F)c1. The number of carbonyl (C=O) groups is 1. The van der Waals surface area contributed by atoms with E-state index in [1.54, 1.807) is 23.0 Å². The molecule has 0 aliphatic heterocycles. The molecular formula is C23H15F2N3O2. The largest absolute Gasteiger partial charge is 0.478 e. The van der Waals surface area contributed by atoms with Crippen LogP contribution in [0.2, 0.25) is 0 Å². The second kappa shape index (κ2) is 8.08. The number of para-hydroxylation sites is 1. The van der Waals surface area contributed by atoms with Crippen molar-refractivity contribution in [3.63, 3.8) is 0 Å². The molecule has 2 aromatic heterocycles. The summed E-state index contributed by atoms with van der Waals surface area (Å²) in [5.41, 5.74) is 2.33. The summed E-state index contributed by atoms with van der Waals surface area (Å²) in [6.45, 7) is 0. The predicted molar refractivity (Wildman–Crippen MR) is 109 cm³/mol. The lowest BCUT2D eigenvalue weighted by Crippen LogP contribution is -1.96. The predicted octanol–water partition coefficient (Wildman–Crippen LogP) is 5.08. The average Bonchev–Trinajstić information content (AvgIpc) is 3.17. The molecule has 1 N–H and O–H groups in total. The van der Waals surface area contributed by atoms with Crippen LogP contribution >= 0.6 is 0 Å². The fourth-order valence-corrected chi connectivity index (χ4v) is 2.96. The molecule has 30 heavy (non-hydrogen) atoms. The van der Waals surface area contributed by atoms with Crippen LogP contribution in [-0.2, 0) is 0 Å². The van der Waals surface area contributed by atoms with Crippen LogP contribution in [0.25, 0.3) is 29.1 Å². The van der Waals surface area contributed by atoms with Gasteiger partial charge < -0.3 is 5.11 Å². The topological polar surface area (TPSA) is 68.0 Å². The Bertz CT molecular complexity index is 1250. The molecule has 0 saturated heterocycles. The minimum atomic E-state index is -1.06. The van der Waals surface area contributed by atoms with Crippen molar-refractivity contribution >= 4 is 18.1 Å².